The van der Waals surface area contributed by atoms with Crippen molar-refractivity contribution in [1.29, 1.82) is 0 Å². The third-order valence-electron chi connectivity index (χ3n) is 4.74. The maximum absolute atomic E-state index is 12.8. The van der Waals surface area contributed by atoms with Gasteiger partial charge in [0.25, 0.3) is 5.91 Å². The van der Waals surface area contributed by atoms with Crippen molar-refractivity contribution in [3.05, 3.63) is 54.0 Å². The van der Waals surface area contributed by atoms with Crippen LogP contribution in [0.1, 0.15) is 35.6 Å². The zero-order valence-electron chi connectivity index (χ0n) is 13.5. The zero-order chi connectivity index (χ0) is 16.4. The van der Waals surface area contributed by atoms with Crippen molar-refractivity contribution >= 4 is 5.91 Å². The number of benzene rings is 1. The van der Waals surface area contributed by atoms with Crippen molar-refractivity contribution in [2.45, 2.75) is 38.0 Å². The average molecular weight is 327 g/mol. The molecule has 5 heteroatoms. The van der Waals surface area contributed by atoms with Crippen LogP contribution in [-0.4, -0.2) is 36.1 Å². The minimum absolute atomic E-state index is 0.0406. The highest BCUT2D eigenvalue weighted by atomic mass is 16.5. The van der Waals surface area contributed by atoms with Crippen LogP contribution in [-0.2, 0) is 11.3 Å². The molecule has 1 aliphatic carbocycles. The molecular formula is C19H21NO4. The number of amides is 1. The van der Waals surface area contributed by atoms with Crippen LogP contribution in [0.3, 0.4) is 0 Å². The molecular weight excluding hydrogens is 306 g/mol. The minimum atomic E-state index is -0.0406. The van der Waals surface area contributed by atoms with Gasteiger partial charge in [0.05, 0.1) is 18.8 Å². The molecule has 126 valence electrons. The van der Waals surface area contributed by atoms with E-state index in [0.29, 0.717) is 31.3 Å². The van der Waals surface area contributed by atoms with E-state index in [-0.39, 0.29) is 18.1 Å². The fraction of sp³-hybridized carbons (Fsp3) is 0.421. The Morgan fingerprint density at radius 1 is 1.17 bits per heavy atom. The van der Waals surface area contributed by atoms with Gasteiger partial charge >= 0.3 is 0 Å². The highest BCUT2D eigenvalue weighted by molar-refractivity contribution is 5.92. The summed E-state index contributed by atoms with van der Waals surface area (Å²) in [5, 5.41) is 0. The Morgan fingerprint density at radius 3 is 2.92 bits per heavy atom. The summed E-state index contributed by atoms with van der Waals surface area (Å²) in [5.41, 5.74) is 0. The predicted molar refractivity (Wildman–Crippen MR) is 87.9 cm³/mol. The Kier molecular flexibility index (Phi) is 4.26. The number of rotatable bonds is 4. The molecule has 2 aliphatic rings. The number of hydrogen-bond acceptors (Lipinski definition) is 4. The van der Waals surface area contributed by atoms with Crippen LogP contribution in [0.4, 0.5) is 0 Å². The fourth-order valence-electron chi connectivity index (χ4n) is 3.56. The van der Waals surface area contributed by atoms with Gasteiger partial charge in [-0.15, -0.1) is 0 Å². The van der Waals surface area contributed by atoms with Crippen molar-refractivity contribution in [3.8, 4) is 5.75 Å². The number of ether oxygens (including phenoxy) is 2. The first-order valence-electron chi connectivity index (χ1n) is 8.50. The summed E-state index contributed by atoms with van der Waals surface area (Å²) in [4.78, 5) is 14.7. The van der Waals surface area contributed by atoms with E-state index in [1.165, 1.54) is 0 Å². The lowest BCUT2D eigenvalue weighted by Crippen LogP contribution is -2.51. The van der Waals surface area contributed by atoms with E-state index in [0.717, 1.165) is 25.0 Å². The standard InChI is InChI=1S/C19H21NO4/c21-19(20-11-12-22-17-8-4-7-16(17)20)18-10-9-15(24-18)13-23-14-5-2-1-3-6-14/h1-3,5-6,9-10,16-17H,4,7-8,11-13H2. The first-order chi connectivity index (χ1) is 11.8. The van der Waals surface area contributed by atoms with Gasteiger partial charge in [0.15, 0.2) is 5.76 Å². The van der Waals surface area contributed by atoms with Crippen LogP contribution >= 0.6 is 0 Å². The molecule has 1 saturated heterocycles. The Hall–Kier alpha value is -2.27. The Bertz CT molecular complexity index is 696. The van der Waals surface area contributed by atoms with Gasteiger partial charge in [-0.1, -0.05) is 18.2 Å². The number of hydrogen-bond donors (Lipinski definition) is 0. The third kappa shape index (κ3) is 3.04. The second-order valence-electron chi connectivity index (χ2n) is 6.27. The van der Waals surface area contributed by atoms with E-state index >= 15 is 0 Å². The number of carbonyl (C=O) groups is 1. The van der Waals surface area contributed by atoms with Gasteiger partial charge in [-0.2, -0.15) is 0 Å². The van der Waals surface area contributed by atoms with Crippen LogP contribution in [0.25, 0.3) is 0 Å². The monoisotopic (exact) mass is 327 g/mol. The highest BCUT2D eigenvalue weighted by Crippen LogP contribution is 2.30. The van der Waals surface area contributed by atoms with Gasteiger partial charge < -0.3 is 18.8 Å². The van der Waals surface area contributed by atoms with Crippen molar-refractivity contribution in [2.24, 2.45) is 0 Å². The molecule has 1 aliphatic heterocycles. The molecule has 0 N–H and O–H groups in total. The van der Waals surface area contributed by atoms with E-state index in [9.17, 15) is 4.79 Å². The van der Waals surface area contributed by atoms with Crippen molar-refractivity contribution < 1.29 is 18.7 Å². The molecule has 1 saturated carbocycles. The summed E-state index contributed by atoms with van der Waals surface area (Å²) in [7, 11) is 0. The molecule has 1 amide bonds. The molecule has 2 fully saturated rings. The van der Waals surface area contributed by atoms with Crippen LogP contribution in [0.15, 0.2) is 46.9 Å². The predicted octanol–water partition coefficient (Wildman–Crippen LogP) is 3.25. The summed E-state index contributed by atoms with van der Waals surface area (Å²) < 4.78 is 17.1. The van der Waals surface area contributed by atoms with Crippen molar-refractivity contribution in [2.75, 3.05) is 13.2 Å². The maximum atomic E-state index is 12.8. The molecule has 0 radical (unpaired) electrons. The summed E-state index contributed by atoms with van der Waals surface area (Å²) >= 11 is 0. The van der Waals surface area contributed by atoms with E-state index in [4.69, 9.17) is 13.9 Å². The van der Waals surface area contributed by atoms with Crippen LogP contribution in [0, 0.1) is 0 Å². The van der Waals surface area contributed by atoms with Gasteiger partial charge in [-0.25, -0.2) is 0 Å². The zero-order valence-corrected chi connectivity index (χ0v) is 13.5. The Balaban J connectivity index is 1.41. The fourth-order valence-corrected chi connectivity index (χ4v) is 3.56. The number of furan rings is 1. The van der Waals surface area contributed by atoms with E-state index in [2.05, 4.69) is 0 Å². The van der Waals surface area contributed by atoms with Crippen LogP contribution in [0.2, 0.25) is 0 Å². The van der Waals surface area contributed by atoms with Crippen molar-refractivity contribution in [1.82, 2.24) is 4.90 Å². The molecule has 1 aromatic heterocycles. The smallest absolute Gasteiger partial charge is 0.289 e. The molecule has 4 rings (SSSR count). The molecule has 24 heavy (non-hydrogen) atoms. The maximum Gasteiger partial charge on any atom is 0.289 e. The SMILES string of the molecule is O=C(c1ccc(COc2ccccc2)o1)N1CCOC2CCCC21. The summed E-state index contributed by atoms with van der Waals surface area (Å²) in [5.74, 6) is 1.78. The second kappa shape index (κ2) is 6.69. The quantitative estimate of drug-likeness (QED) is 0.865. The van der Waals surface area contributed by atoms with Crippen molar-refractivity contribution in [3.63, 3.8) is 0 Å². The molecule has 2 atom stereocenters. The molecule has 1 aromatic carbocycles. The van der Waals surface area contributed by atoms with Gasteiger partial charge in [0.2, 0.25) is 0 Å². The van der Waals surface area contributed by atoms with Gasteiger partial charge in [-0.05, 0) is 43.5 Å². The summed E-state index contributed by atoms with van der Waals surface area (Å²) in [6.07, 6.45) is 3.37. The number of nitrogens with zero attached hydrogens (tertiary/aromatic N) is 1. The lowest BCUT2D eigenvalue weighted by atomic mass is 10.1. The number of fused-ring (bicyclic) bond motifs is 1. The first kappa shape index (κ1) is 15.3. The number of morpholine rings is 1. The molecule has 5 nitrogen and oxygen atoms in total. The largest absolute Gasteiger partial charge is 0.486 e. The van der Waals surface area contributed by atoms with E-state index in [1.807, 2.05) is 41.3 Å². The molecule has 2 unspecified atom stereocenters. The van der Waals surface area contributed by atoms with Crippen LogP contribution in [0.5, 0.6) is 5.75 Å². The average Bonchev–Trinajstić information content (AvgIpc) is 3.29. The lowest BCUT2D eigenvalue weighted by Gasteiger charge is -2.37. The Morgan fingerprint density at radius 2 is 2.04 bits per heavy atom. The Labute approximate surface area is 141 Å². The van der Waals surface area contributed by atoms with Gasteiger partial charge in [0.1, 0.15) is 18.1 Å². The highest BCUT2D eigenvalue weighted by Gasteiger charge is 2.39. The van der Waals surface area contributed by atoms with Gasteiger partial charge in [0, 0.05) is 6.54 Å². The second-order valence-corrected chi connectivity index (χ2v) is 6.27. The molecule has 2 aromatic rings. The topological polar surface area (TPSA) is 51.9 Å². The molecule has 2 heterocycles. The number of carbonyl (C=O) groups excluding carboxylic acids is 1. The summed E-state index contributed by atoms with van der Waals surface area (Å²) in [6.45, 7) is 1.56. The molecule has 0 bridgehead atoms. The molecule has 0 spiro atoms. The van der Waals surface area contributed by atoms with Crippen LogP contribution < -0.4 is 4.74 Å². The van der Waals surface area contributed by atoms with E-state index < -0.39 is 0 Å². The lowest BCUT2D eigenvalue weighted by molar-refractivity contribution is -0.0454. The normalized spacial score (nSPS) is 23.1. The summed E-state index contributed by atoms with van der Waals surface area (Å²) in [6, 6.07) is 13.3. The van der Waals surface area contributed by atoms with Gasteiger partial charge in [-0.3, -0.25) is 4.79 Å². The third-order valence-corrected chi connectivity index (χ3v) is 4.74. The minimum Gasteiger partial charge on any atom is -0.486 e. The van der Waals surface area contributed by atoms with E-state index in [1.54, 1.807) is 6.07 Å². The number of para-hydroxylation sites is 1. The first-order valence-corrected chi connectivity index (χ1v) is 8.50.